The summed E-state index contributed by atoms with van der Waals surface area (Å²) in [6.07, 6.45) is -1.59. The maximum absolute atomic E-state index is 14.2. The van der Waals surface area contributed by atoms with Crippen LogP contribution in [0.4, 0.5) is 35.9 Å². The van der Waals surface area contributed by atoms with Gasteiger partial charge in [0, 0.05) is 48.9 Å². The molecule has 5 rings (SSSR count). The summed E-state index contributed by atoms with van der Waals surface area (Å²) in [4.78, 5) is 11.3. The van der Waals surface area contributed by atoms with Crippen LogP contribution < -0.4 is 20.7 Å². The first kappa shape index (κ1) is 30.1. The number of nitrogens with one attached hydrogen (secondary N) is 1. The first-order valence-corrected chi connectivity index (χ1v) is 13.9. The Balaban J connectivity index is 1.48. The lowest BCUT2D eigenvalue weighted by atomic mass is 10.0. The van der Waals surface area contributed by atoms with Crippen LogP contribution in [0.2, 0.25) is 0 Å². The zero-order valence-corrected chi connectivity index (χ0v) is 24.2. The second-order valence-corrected chi connectivity index (χ2v) is 10.4. The average Bonchev–Trinajstić information content (AvgIpc) is 2.99. The first-order valence-electron chi connectivity index (χ1n) is 13.9. The van der Waals surface area contributed by atoms with E-state index >= 15 is 0 Å². The number of aromatic nitrogens is 2. The zero-order valence-electron chi connectivity index (χ0n) is 24.2. The third-order valence-electron chi connectivity index (χ3n) is 7.14. The molecule has 0 spiro atoms. The third-order valence-corrected chi connectivity index (χ3v) is 7.14. The molecular formula is C32H34F3N5O3. The Kier molecular flexibility index (Phi) is 9.02. The number of nitrogens with zero attached hydrogens (tertiary/aromatic N) is 3. The number of anilines is 4. The zero-order chi connectivity index (χ0) is 30.6. The molecule has 1 fully saturated rings. The summed E-state index contributed by atoms with van der Waals surface area (Å²) < 4.78 is 59.4. The van der Waals surface area contributed by atoms with Gasteiger partial charge < -0.3 is 30.2 Å². The van der Waals surface area contributed by atoms with Gasteiger partial charge in [-0.15, -0.1) is 0 Å². The molecule has 0 radical (unpaired) electrons. The van der Waals surface area contributed by atoms with Crippen LogP contribution in [0, 0.1) is 6.92 Å². The normalized spacial score (nSPS) is 14.4. The summed E-state index contributed by atoms with van der Waals surface area (Å²) in [5, 5.41) is 2.95. The van der Waals surface area contributed by atoms with Crippen molar-refractivity contribution in [3.8, 4) is 28.1 Å². The fourth-order valence-corrected chi connectivity index (χ4v) is 4.96. The van der Waals surface area contributed by atoms with Crippen molar-refractivity contribution in [1.82, 2.24) is 9.97 Å². The number of aryl methyl sites for hydroxylation is 1. The van der Waals surface area contributed by atoms with Gasteiger partial charge in [-0.3, -0.25) is 4.98 Å². The number of benzene rings is 2. The number of halogens is 3. The van der Waals surface area contributed by atoms with E-state index in [1.54, 1.807) is 49.7 Å². The van der Waals surface area contributed by atoms with Crippen molar-refractivity contribution in [3.63, 3.8) is 0 Å². The van der Waals surface area contributed by atoms with E-state index in [2.05, 4.69) is 20.2 Å². The molecule has 1 saturated heterocycles. The molecule has 2 aromatic carbocycles. The van der Waals surface area contributed by atoms with Gasteiger partial charge >= 0.3 is 6.18 Å². The Morgan fingerprint density at radius 3 is 2.40 bits per heavy atom. The van der Waals surface area contributed by atoms with Crippen molar-refractivity contribution in [2.24, 2.45) is 0 Å². The molecule has 0 unspecified atom stereocenters. The highest BCUT2D eigenvalue weighted by Crippen LogP contribution is 2.40. The Morgan fingerprint density at radius 1 is 0.977 bits per heavy atom. The molecule has 1 aliphatic rings. The van der Waals surface area contributed by atoms with E-state index in [1.165, 1.54) is 12.3 Å². The number of alkyl halides is 3. The van der Waals surface area contributed by atoms with E-state index in [1.807, 2.05) is 19.9 Å². The Bertz CT molecular complexity index is 1560. The van der Waals surface area contributed by atoms with Crippen LogP contribution in [-0.4, -0.2) is 56.1 Å². The topological polar surface area (TPSA) is 94.8 Å². The Hall–Kier alpha value is -4.35. The molecule has 0 saturated carbocycles. The summed E-state index contributed by atoms with van der Waals surface area (Å²) in [5.74, 6) is 0.478. The minimum absolute atomic E-state index is 0.0775. The van der Waals surface area contributed by atoms with Gasteiger partial charge in [0.2, 0.25) is 5.88 Å². The molecule has 3 heterocycles. The van der Waals surface area contributed by atoms with E-state index in [4.69, 9.17) is 19.9 Å². The van der Waals surface area contributed by atoms with Crippen LogP contribution in [0.3, 0.4) is 0 Å². The highest BCUT2D eigenvalue weighted by Gasteiger charge is 2.34. The molecule has 43 heavy (non-hydrogen) atoms. The van der Waals surface area contributed by atoms with Crippen LogP contribution in [0.1, 0.15) is 18.2 Å². The molecule has 1 aliphatic heterocycles. The van der Waals surface area contributed by atoms with Crippen molar-refractivity contribution in [2.75, 3.05) is 56.0 Å². The van der Waals surface area contributed by atoms with Gasteiger partial charge in [0.1, 0.15) is 11.8 Å². The lowest BCUT2D eigenvalue weighted by Crippen LogP contribution is -2.37. The minimum atomic E-state index is -4.58. The van der Waals surface area contributed by atoms with Crippen LogP contribution in [0.15, 0.2) is 67.0 Å². The number of nitrogen functional groups attached to an aromatic ring is 1. The number of nitrogens with two attached hydrogens (primary N) is 1. The molecule has 0 amide bonds. The van der Waals surface area contributed by atoms with Crippen LogP contribution in [0.25, 0.3) is 22.3 Å². The summed E-state index contributed by atoms with van der Waals surface area (Å²) in [6, 6.07) is 14.7. The third kappa shape index (κ3) is 7.18. The van der Waals surface area contributed by atoms with E-state index in [0.717, 1.165) is 22.9 Å². The standard InChI is InChI=1S/C32H34F3N5O3/c1-20(19-41-3)43-31-30(40-10-12-42-13-11-40)15-24(17-38-31)27-16-26(18-37-21(27)2)39-29-9-6-23(14-28(29)32(33,34)35)22-4-7-25(36)8-5-22/h4-9,14-18,20,39H,10-13,19,36H2,1-3H3/t20-/m0/s1. The summed E-state index contributed by atoms with van der Waals surface area (Å²) in [7, 11) is 1.61. The van der Waals surface area contributed by atoms with Gasteiger partial charge in [0.25, 0.3) is 0 Å². The molecule has 11 heteroatoms. The predicted molar refractivity (Wildman–Crippen MR) is 162 cm³/mol. The lowest BCUT2D eigenvalue weighted by Gasteiger charge is -2.30. The number of rotatable bonds is 9. The number of ether oxygens (including phenoxy) is 3. The second-order valence-electron chi connectivity index (χ2n) is 10.4. The van der Waals surface area contributed by atoms with Gasteiger partial charge in [-0.1, -0.05) is 18.2 Å². The van der Waals surface area contributed by atoms with Crippen molar-refractivity contribution in [1.29, 1.82) is 0 Å². The highest BCUT2D eigenvalue weighted by molar-refractivity contribution is 5.77. The summed E-state index contributed by atoms with van der Waals surface area (Å²) in [5.41, 5.74) is 9.90. The molecule has 3 N–H and O–H groups in total. The monoisotopic (exact) mass is 593 g/mol. The van der Waals surface area contributed by atoms with Crippen molar-refractivity contribution in [2.45, 2.75) is 26.1 Å². The molecule has 4 aromatic rings. The van der Waals surface area contributed by atoms with E-state index < -0.39 is 11.7 Å². The first-order chi connectivity index (χ1) is 20.6. The lowest BCUT2D eigenvalue weighted by molar-refractivity contribution is -0.136. The maximum atomic E-state index is 14.2. The summed E-state index contributed by atoms with van der Waals surface area (Å²) >= 11 is 0. The number of methoxy groups -OCH3 is 1. The molecular weight excluding hydrogens is 559 g/mol. The van der Waals surface area contributed by atoms with Gasteiger partial charge in [-0.2, -0.15) is 13.2 Å². The second kappa shape index (κ2) is 12.9. The van der Waals surface area contributed by atoms with Gasteiger partial charge in [-0.25, -0.2) is 4.98 Å². The van der Waals surface area contributed by atoms with E-state index in [9.17, 15) is 13.2 Å². The van der Waals surface area contributed by atoms with Gasteiger partial charge in [-0.05, 0) is 61.4 Å². The SMILES string of the molecule is COC[C@H](C)Oc1ncc(-c2cc(Nc3ccc(-c4ccc(N)cc4)cc3C(F)(F)F)cnc2C)cc1N1CCOCC1. The molecule has 0 aliphatic carbocycles. The number of hydrogen-bond acceptors (Lipinski definition) is 8. The molecule has 1 atom stereocenters. The smallest absolute Gasteiger partial charge is 0.418 e. The van der Waals surface area contributed by atoms with E-state index in [-0.39, 0.29) is 11.8 Å². The Labute approximate surface area is 248 Å². The highest BCUT2D eigenvalue weighted by atomic mass is 19.4. The maximum Gasteiger partial charge on any atom is 0.418 e. The van der Waals surface area contributed by atoms with Gasteiger partial charge in [0.05, 0.1) is 43.0 Å². The number of hydrogen-bond donors (Lipinski definition) is 2. The van der Waals surface area contributed by atoms with Crippen LogP contribution in [0.5, 0.6) is 5.88 Å². The fraction of sp³-hybridized carbons (Fsp3) is 0.312. The van der Waals surface area contributed by atoms with Crippen molar-refractivity contribution in [3.05, 3.63) is 78.2 Å². The fourth-order valence-electron chi connectivity index (χ4n) is 4.96. The van der Waals surface area contributed by atoms with Crippen molar-refractivity contribution < 1.29 is 27.4 Å². The molecule has 2 aromatic heterocycles. The van der Waals surface area contributed by atoms with Crippen LogP contribution in [-0.2, 0) is 15.7 Å². The van der Waals surface area contributed by atoms with Crippen LogP contribution >= 0.6 is 0 Å². The van der Waals surface area contributed by atoms with E-state index in [0.29, 0.717) is 67.0 Å². The minimum Gasteiger partial charge on any atom is -0.471 e. The predicted octanol–water partition coefficient (Wildman–Crippen LogP) is 6.71. The van der Waals surface area contributed by atoms with Crippen molar-refractivity contribution >= 4 is 22.7 Å². The largest absolute Gasteiger partial charge is 0.471 e. The summed E-state index contributed by atoms with van der Waals surface area (Å²) in [6.45, 7) is 6.66. The Morgan fingerprint density at radius 2 is 1.70 bits per heavy atom. The number of pyridine rings is 2. The average molecular weight is 594 g/mol. The number of morpholine rings is 1. The molecule has 8 nitrogen and oxygen atoms in total. The quantitative estimate of drug-likeness (QED) is 0.207. The van der Waals surface area contributed by atoms with Gasteiger partial charge in [0.15, 0.2) is 0 Å². The molecule has 226 valence electrons. The molecule has 0 bridgehead atoms.